The van der Waals surface area contributed by atoms with Crippen molar-refractivity contribution >= 4 is 27.8 Å². The van der Waals surface area contributed by atoms with Crippen molar-refractivity contribution < 1.29 is 14.7 Å². The number of halogens is 1. The summed E-state index contributed by atoms with van der Waals surface area (Å²) in [5, 5.41) is 11.3. The average molecular weight is 314 g/mol. The molecule has 1 rings (SSSR count). The van der Waals surface area contributed by atoms with Crippen LogP contribution in [0.5, 0.6) is 0 Å². The molecule has 0 radical (unpaired) electrons. The lowest BCUT2D eigenvalue weighted by Gasteiger charge is -2.12. The summed E-state index contributed by atoms with van der Waals surface area (Å²) in [4.78, 5) is 22.5. The maximum Gasteiger partial charge on any atom is 0.326 e. The highest BCUT2D eigenvalue weighted by atomic mass is 79.9. The van der Waals surface area contributed by atoms with Crippen LogP contribution in [-0.2, 0) is 16.0 Å². The molecular weight excluding hydrogens is 298 g/mol. The van der Waals surface area contributed by atoms with Crippen LogP contribution in [0.25, 0.3) is 0 Å². The Morgan fingerprint density at radius 1 is 1.44 bits per heavy atom. The minimum absolute atomic E-state index is 0.183. The molecule has 0 fully saturated rings. The highest BCUT2D eigenvalue weighted by Crippen LogP contribution is 2.17. The topological polar surface area (TPSA) is 66.4 Å². The number of aryl methyl sites for hydroxylation is 1. The Hall–Kier alpha value is -1.36. The van der Waals surface area contributed by atoms with Crippen molar-refractivity contribution in [2.24, 2.45) is 0 Å². The van der Waals surface area contributed by atoms with Gasteiger partial charge in [-0.2, -0.15) is 0 Å². The van der Waals surface area contributed by atoms with E-state index in [1.807, 2.05) is 25.1 Å². The van der Waals surface area contributed by atoms with Gasteiger partial charge in [-0.3, -0.25) is 4.79 Å². The molecule has 5 heteroatoms. The summed E-state index contributed by atoms with van der Waals surface area (Å²) < 4.78 is 0.943. The van der Waals surface area contributed by atoms with Gasteiger partial charge >= 0.3 is 5.97 Å². The molecule has 0 aliphatic heterocycles. The van der Waals surface area contributed by atoms with Crippen molar-refractivity contribution in [2.75, 3.05) is 0 Å². The molecule has 98 valence electrons. The van der Waals surface area contributed by atoms with E-state index in [0.29, 0.717) is 6.42 Å². The van der Waals surface area contributed by atoms with Crippen molar-refractivity contribution in [3.8, 4) is 0 Å². The van der Waals surface area contributed by atoms with Gasteiger partial charge in [-0.25, -0.2) is 4.79 Å². The average Bonchev–Trinajstić information content (AvgIpc) is 2.30. The van der Waals surface area contributed by atoms with Crippen LogP contribution in [0.4, 0.5) is 0 Å². The second-order valence-corrected chi connectivity index (χ2v) is 4.98. The number of nitrogens with one attached hydrogen (secondary N) is 1. The van der Waals surface area contributed by atoms with Crippen LogP contribution in [0.2, 0.25) is 0 Å². The smallest absolute Gasteiger partial charge is 0.326 e. The lowest BCUT2D eigenvalue weighted by atomic mass is 10.1. The van der Waals surface area contributed by atoms with Gasteiger partial charge in [0, 0.05) is 4.47 Å². The lowest BCUT2D eigenvalue weighted by molar-refractivity contribution is -0.141. The highest BCUT2D eigenvalue weighted by Gasteiger charge is 2.17. The number of carbonyl (C=O) groups excluding carboxylic acids is 1. The Labute approximate surface area is 115 Å². The maximum absolute atomic E-state index is 11.7. The first-order valence-electron chi connectivity index (χ1n) is 5.71. The van der Waals surface area contributed by atoms with Crippen LogP contribution < -0.4 is 5.32 Å². The number of carboxylic acid groups (broad SMARTS) is 1. The first kappa shape index (κ1) is 14.7. The summed E-state index contributed by atoms with van der Waals surface area (Å²) >= 11 is 3.40. The summed E-state index contributed by atoms with van der Waals surface area (Å²) in [6, 6.07) is 4.84. The first-order valence-corrected chi connectivity index (χ1v) is 6.50. The van der Waals surface area contributed by atoms with Gasteiger partial charge in [-0.15, -0.1) is 0 Å². The van der Waals surface area contributed by atoms with Gasteiger partial charge in [0.15, 0.2) is 0 Å². The van der Waals surface area contributed by atoms with Gasteiger partial charge in [0.1, 0.15) is 6.04 Å². The lowest BCUT2D eigenvalue weighted by Crippen LogP contribution is -2.40. The summed E-state index contributed by atoms with van der Waals surface area (Å²) in [7, 11) is 0. The van der Waals surface area contributed by atoms with E-state index in [0.717, 1.165) is 15.6 Å². The van der Waals surface area contributed by atoms with E-state index in [2.05, 4.69) is 21.2 Å². The van der Waals surface area contributed by atoms with Gasteiger partial charge < -0.3 is 10.4 Å². The summed E-state index contributed by atoms with van der Waals surface area (Å²) in [5.74, 6) is -1.28. The van der Waals surface area contributed by atoms with Crippen LogP contribution in [0, 0.1) is 6.92 Å². The molecule has 1 atom stereocenters. The van der Waals surface area contributed by atoms with Crippen molar-refractivity contribution in [3.63, 3.8) is 0 Å². The van der Waals surface area contributed by atoms with Gasteiger partial charge in [0.05, 0.1) is 6.42 Å². The summed E-state index contributed by atoms with van der Waals surface area (Å²) in [6.45, 7) is 3.69. The SMILES string of the molecule is CCC(NC(=O)Cc1ccc(C)c(Br)c1)C(=O)O. The van der Waals surface area contributed by atoms with Crippen molar-refractivity contribution in [2.45, 2.75) is 32.7 Å². The molecule has 0 saturated heterocycles. The Kier molecular flexibility index (Phi) is 5.34. The first-order chi connectivity index (χ1) is 8.43. The molecule has 0 bridgehead atoms. The zero-order valence-corrected chi connectivity index (χ0v) is 12.0. The molecule has 0 aliphatic rings. The Morgan fingerprint density at radius 2 is 2.11 bits per heavy atom. The van der Waals surface area contributed by atoms with E-state index in [4.69, 9.17) is 5.11 Å². The number of hydrogen-bond acceptors (Lipinski definition) is 2. The molecule has 0 saturated carbocycles. The Bertz CT molecular complexity index is 460. The van der Waals surface area contributed by atoms with Gasteiger partial charge in [0.25, 0.3) is 0 Å². The number of carboxylic acids is 1. The van der Waals surface area contributed by atoms with Crippen LogP contribution >= 0.6 is 15.9 Å². The number of benzene rings is 1. The quantitative estimate of drug-likeness (QED) is 0.876. The third-order valence-corrected chi connectivity index (χ3v) is 3.50. The van der Waals surface area contributed by atoms with E-state index in [1.54, 1.807) is 6.92 Å². The van der Waals surface area contributed by atoms with E-state index >= 15 is 0 Å². The van der Waals surface area contributed by atoms with Crippen molar-refractivity contribution in [1.29, 1.82) is 0 Å². The second-order valence-electron chi connectivity index (χ2n) is 4.13. The zero-order chi connectivity index (χ0) is 13.7. The van der Waals surface area contributed by atoms with E-state index < -0.39 is 12.0 Å². The number of carbonyl (C=O) groups is 2. The van der Waals surface area contributed by atoms with Crippen molar-refractivity contribution in [3.05, 3.63) is 33.8 Å². The third-order valence-electron chi connectivity index (χ3n) is 2.64. The zero-order valence-electron chi connectivity index (χ0n) is 10.4. The third kappa shape index (κ3) is 4.14. The van der Waals surface area contributed by atoms with Crippen LogP contribution in [0.1, 0.15) is 24.5 Å². The Balaban J connectivity index is 2.64. The number of rotatable bonds is 5. The minimum atomic E-state index is -1.00. The van der Waals surface area contributed by atoms with E-state index in [-0.39, 0.29) is 12.3 Å². The van der Waals surface area contributed by atoms with Crippen LogP contribution in [0.15, 0.2) is 22.7 Å². The standard InChI is InChI=1S/C13H16BrNO3/c1-3-11(13(17)18)15-12(16)7-9-5-4-8(2)10(14)6-9/h4-6,11H,3,7H2,1-2H3,(H,15,16)(H,17,18). The number of aliphatic carboxylic acids is 1. The maximum atomic E-state index is 11.7. The molecule has 0 spiro atoms. The molecule has 0 aliphatic carbocycles. The van der Waals surface area contributed by atoms with Crippen LogP contribution in [0.3, 0.4) is 0 Å². The predicted octanol–water partition coefficient (Wildman–Crippen LogP) is 2.28. The molecule has 1 amide bonds. The highest BCUT2D eigenvalue weighted by molar-refractivity contribution is 9.10. The van der Waals surface area contributed by atoms with Gasteiger partial charge in [0.2, 0.25) is 5.91 Å². The van der Waals surface area contributed by atoms with Crippen molar-refractivity contribution in [1.82, 2.24) is 5.32 Å². The molecule has 1 unspecified atom stereocenters. The van der Waals surface area contributed by atoms with Gasteiger partial charge in [-0.1, -0.05) is 35.0 Å². The summed E-state index contributed by atoms with van der Waals surface area (Å²) in [5.41, 5.74) is 1.95. The number of amides is 1. The molecular formula is C13H16BrNO3. The predicted molar refractivity (Wildman–Crippen MR) is 72.4 cm³/mol. The van der Waals surface area contributed by atoms with E-state index in [1.165, 1.54) is 0 Å². The van der Waals surface area contributed by atoms with Crippen LogP contribution in [-0.4, -0.2) is 23.0 Å². The number of hydrogen-bond donors (Lipinski definition) is 2. The molecule has 0 aromatic heterocycles. The van der Waals surface area contributed by atoms with Gasteiger partial charge in [-0.05, 0) is 30.5 Å². The monoisotopic (exact) mass is 313 g/mol. The molecule has 2 N–H and O–H groups in total. The van der Waals surface area contributed by atoms with E-state index in [9.17, 15) is 9.59 Å². The fourth-order valence-corrected chi connectivity index (χ4v) is 1.94. The molecule has 1 aromatic rings. The Morgan fingerprint density at radius 3 is 2.61 bits per heavy atom. The normalized spacial score (nSPS) is 11.9. The summed E-state index contributed by atoms with van der Waals surface area (Å²) in [6.07, 6.45) is 0.557. The largest absolute Gasteiger partial charge is 0.480 e. The second kappa shape index (κ2) is 6.54. The fourth-order valence-electron chi connectivity index (χ4n) is 1.52. The molecule has 1 aromatic carbocycles. The minimum Gasteiger partial charge on any atom is -0.480 e. The fraction of sp³-hybridized carbons (Fsp3) is 0.385. The molecule has 4 nitrogen and oxygen atoms in total. The molecule has 0 heterocycles. The molecule has 18 heavy (non-hydrogen) atoms.